The molecule has 0 fully saturated rings. The third-order valence-corrected chi connectivity index (χ3v) is 2.49. The van der Waals surface area contributed by atoms with Gasteiger partial charge in [0.25, 0.3) is 5.82 Å². The Balaban J connectivity index is 2.26. The van der Waals surface area contributed by atoms with Gasteiger partial charge in [0.15, 0.2) is 0 Å². The lowest BCUT2D eigenvalue weighted by molar-refractivity contribution is -0.387. The van der Waals surface area contributed by atoms with E-state index in [4.69, 9.17) is 0 Å². The van der Waals surface area contributed by atoms with Crippen LogP contribution >= 0.6 is 0 Å². The van der Waals surface area contributed by atoms with Gasteiger partial charge in [0.2, 0.25) is 5.82 Å². The van der Waals surface area contributed by atoms with Gasteiger partial charge in [-0.25, -0.2) is 14.5 Å². The molecular weight excluding hydrogens is 271 g/mol. The first-order valence-electron chi connectivity index (χ1n) is 5.42. The Labute approximate surface area is 112 Å². The lowest BCUT2D eigenvalue weighted by Crippen LogP contribution is -2.08. The predicted octanol–water partition coefficient (Wildman–Crippen LogP) is 1.16. The SMILES string of the molecule is COC(=O)c1ncn(Cc2cccc([N+](=O)[O-])c2F)n1. The van der Waals surface area contributed by atoms with Crippen molar-refractivity contribution in [2.45, 2.75) is 6.54 Å². The van der Waals surface area contributed by atoms with E-state index in [-0.39, 0.29) is 17.9 Å². The van der Waals surface area contributed by atoms with Crippen LogP contribution in [0.15, 0.2) is 24.5 Å². The molecule has 20 heavy (non-hydrogen) atoms. The molecule has 0 saturated heterocycles. The van der Waals surface area contributed by atoms with E-state index in [1.165, 1.54) is 30.3 Å². The monoisotopic (exact) mass is 280 g/mol. The average Bonchev–Trinajstić information content (AvgIpc) is 2.88. The van der Waals surface area contributed by atoms with Crippen molar-refractivity contribution in [1.82, 2.24) is 14.8 Å². The van der Waals surface area contributed by atoms with Gasteiger partial charge in [-0.15, -0.1) is 5.10 Å². The molecule has 0 aliphatic carbocycles. The van der Waals surface area contributed by atoms with Gasteiger partial charge in [-0.05, 0) is 0 Å². The number of carbonyl (C=O) groups excluding carboxylic acids is 1. The second kappa shape index (κ2) is 5.43. The normalized spacial score (nSPS) is 10.3. The lowest BCUT2D eigenvalue weighted by Gasteiger charge is -2.03. The first-order chi connectivity index (χ1) is 9.52. The van der Waals surface area contributed by atoms with Gasteiger partial charge in [0.05, 0.1) is 18.6 Å². The number of nitro benzene ring substituents is 1. The van der Waals surface area contributed by atoms with Gasteiger partial charge in [-0.2, -0.15) is 4.39 Å². The quantitative estimate of drug-likeness (QED) is 0.473. The van der Waals surface area contributed by atoms with E-state index in [0.29, 0.717) is 0 Å². The Kier molecular flexibility index (Phi) is 3.69. The number of nitro groups is 1. The van der Waals surface area contributed by atoms with Gasteiger partial charge in [-0.3, -0.25) is 10.1 Å². The van der Waals surface area contributed by atoms with Crippen LogP contribution in [-0.2, 0) is 11.3 Å². The third kappa shape index (κ3) is 2.60. The number of aromatic nitrogens is 3. The molecule has 2 rings (SSSR count). The van der Waals surface area contributed by atoms with Gasteiger partial charge >= 0.3 is 11.7 Å². The van der Waals surface area contributed by atoms with E-state index in [2.05, 4.69) is 14.8 Å². The molecule has 1 heterocycles. The zero-order chi connectivity index (χ0) is 14.7. The van der Waals surface area contributed by atoms with Crippen LogP contribution in [0.4, 0.5) is 10.1 Å². The summed E-state index contributed by atoms with van der Waals surface area (Å²) >= 11 is 0. The predicted molar refractivity (Wildman–Crippen MR) is 63.5 cm³/mol. The Morgan fingerprint density at radius 2 is 2.30 bits per heavy atom. The molecule has 0 unspecified atom stereocenters. The van der Waals surface area contributed by atoms with Crippen LogP contribution < -0.4 is 0 Å². The highest BCUT2D eigenvalue weighted by Gasteiger charge is 2.18. The zero-order valence-electron chi connectivity index (χ0n) is 10.3. The van der Waals surface area contributed by atoms with Crippen LogP contribution in [0.3, 0.4) is 0 Å². The van der Waals surface area contributed by atoms with Crippen molar-refractivity contribution in [3.05, 3.63) is 51.8 Å². The standard InChI is InChI=1S/C11H9FN4O4/c1-20-11(17)10-13-6-15(14-10)5-7-3-2-4-8(9(7)12)16(18)19/h2-4,6H,5H2,1H3. The molecule has 104 valence electrons. The second-order valence-electron chi connectivity index (χ2n) is 3.76. The number of hydrogen-bond donors (Lipinski definition) is 0. The minimum atomic E-state index is -0.937. The summed E-state index contributed by atoms with van der Waals surface area (Å²) < 4.78 is 19.5. The van der Waals surface area contributed by atoms with Gasteiger partial charge < -0.3 is 4.74 Å². The average molecular weight is 280 g/mol. The minimum absolute atomic E-state index is 0.0699. The van der Waals surface area contributed by atoms with Crippen molar-refractivity contribution in [2.75, 3.05) is 7.11 Å². The highest BCUT2D eigenvalue weighted by atomic mass is 19.1. The maximum atomic E-state index is 13.8. The molecule has 1 aromatic carbocycles. The van der Waals surface area contributed by atoms with E-state index < -0.39 is 22.4 Å². The van der Waals surface area contributed by atoms with Crippen LogP contribution in [0.25, 0.3) is 0 Å². The number of ether oxygens (including phenoxy) is 1. The fourth-order valence-corrected chi connectivity index (χ4v) is 1.56. The number of halogens is 1. The van der Waals surface area contributed by atoms with Crippen molar-refractivity contribution in [3.8, 4) is 0 Å². The Hall–Kier alpha value is -2.84. The third-order valence-electron chi connectivity index (χ3n) is 2.49. The summed E-state index contributed by atoms with van der Waals surface area (Å²) in [7, 11) is 1.18. The number of benzene rings is 1. The summed E-state index contributed by atoms with van der Waals surface area (Å²) in [6, 6.07) is 3.83. The minimum Gasteiger partial charge on any atom is -0.463 e. The van der Waals surface area contributed by atoms with Crippen molar-refractivity contribution in [3.63, 3.8) is 0 Å². The molecule has 0 aliphatic heterocycles. The topological polar surface area (TPSA) is 100 Å². The maximum Gasteiger partial charge on any atom is 0.377 e. The Morgan fingerprint density at radius 1 is 1.55 bits per heavy atom. The van der Waals surface area contributed by atoms with Crippen LogP contribution in [0.5, 0.6) is 0 Å². The summed E-state index contributed by atoms with van der Waals surface area (Å²) in [5, 5.41) is 14.4. The molecule has 1 aromatic heterocycles. The molecule has 0 spiro atoms. The molecular formula is C11H9FN4O4. The van der Waals surface area contributed by atoms with E-state index in [0.717, 1.165) is 6.07 Å². The Morgan fingerprint density at radius 3 is 2.95 bits per heavy atom. The number of esters is 1. The van der Waals surface area contributed by atoms with E-state index in [1.807, 2.05) is 0 Å². The number of carbonyl (C=O) groups is 1. The highest BCUT2D eigenvalue weighted by molar-refractivity contribution is 5.84. The summed E-state index contributed by atoms with van der Waals surface area (Å²) in [5.41, 5.74) is -0.545. The molecule has 8 nitrogen and oxygen atoms in total. The van der Waals surface area contributed by atoms with Crippen LogP contribution in [0, 0.1) is 15.9 Å². The van der Waals surface area contributed by atoms with Gasteiger partial charge in [0.1, 0.15) is 6.33 Å². The Bertz CT molecular complexity index is 670. The lowest BCUT2D eigenvalue weighted by atomic mass is 10.2. The van der Waals surface area contributed by atoms with Crippen LogP contribution in [0.2, 0.25) is 0 Å². The molecule has 2 aromatic rings. The molecule has 0 bridgehead atoms. The smallest absolute Gasteiger partial charge is 0.377 e. The van der Waals surface area contributed by atoms with Gasteiger partial charge in [0, 0.05) is 11.6 Å². The number of nitrogens with zero attached hydrogens (tertiary/aromatic N) is 4. The summed E-state index contributed by atoms with van der Waals surface area (Å²) in [4.78, 5) is 24.7. The highest BCUT2D eigenvalue weighted by Crippen LogP contribution is 2.20. The molecule has 0 radical (unpaired) electrons. The van der Waals surface area contributed by atoms with Crippen LogP contribution in [0.1, 0.15) is 16.2 Å². The number of methoxy groups -OCH3 is 1. The van der Waals surface area contributed by atoms with Crippen molar-refractivity contribution >= 4 is 11.7 Å². The van der Waals surface area contributed by atoms with E-state index >= 15 is 0 Å². The molecule has 0 N–H and O–H groups in total. The van der Waals surface area contributed by atoms with Crippen molar-refractivity contribution in [2.24, 2.45) is 0 Å². The van der Waals surface area contributed by atoms with Crippen molar-refractivity contribution < 1.29 is 18.8 Å². The second-order valence-corrected chi connectivity index (χ2v) is 3.76. The van der Waals surface area contributed by atoms with Crippen molar-refractivity contribution in [1.29, 1.82) is 0 Å². The maximum absolute atomic E-state index is 13.8. The fraction of sp³-hybridized carbons (Fsp3) is 0.182. The molecule has 0 aliphatic rings. The van der Waals surface area contributed by atoms with Gasteiger partial charge in [-0.1, -0.05) is 12.1 Å². The van der Waals surface area contributed by atoms with E-state index in [9.17, 15) is 19.3 Å². The molecule has 0 saturated carbocycles. The molecule has 0 amide bonds. The number of rotatable bonds is 4. The fourth-order valence-electron chi connectivity index (χ4n) is 1.56. The number of hydrogen-bond acceptors (Lipinski definition) is 6. The first kappa shape index (κ1) is 13.6. The summed E-state index contributed by atoms with van der Waals surface area (Å²) in [5.74, 6) is -1.82. The first-order valence-corrected chi connectivity index (χ1v) is 5.42. The summed E-state index contributed by atoms with van der Waals surface area (Å²) in [6.07, 6.45) is 1.21. The zero-order valence-corrected chi connectivity index (χ0v) is 10.3. The van der Waals surface area contributed by atoms with Crippen LogP contribution in [-0.4, -0.2) is 32.8 Å². The van der Waals surface area contributed by atoms with E-state index in [1.54, 1.807) is 0 Å². The molecule has 0 atom stereocenters. The molecule has 9 heteroatoms. The largest absolute Gasteiger partial charge is 0.463 e. The summed E-state index contributed by atoms with van der Waals surface area (Å²) in [6.45, 7) is -0.0858.